The molecule has 0 aromatic heterocycles. The van der Waals surface area contributed by atoms with Crippen LogP contribution in [0.25, 0.3) is 0 Å². The SMILES string of the molecule is NCCC(=O)N1CCC[C@H](F)C1. The molecule has 0 saturated carbocycles. The Hall–Kier alpha value is -0.640. The Morgan fingerprint density at radius 1 is 1.67 bits per heavy atom. The molecule has 3 nitrogen and oxygen atoms in total. The molecule has 1 atom stereocenters. The molecule has 0 radical (unpaired) electrons. The summed E-state index contributed by atoms with van der Waals surface area (Å²) in [7, 11) is 0. The summed E-state index contributed by atoms with van der Waals surface area (Å²) in [6.45, 7) is 1.31. The van der Waals surface area contributed by atoms with Crippen molar-refractivity contribution >= 4 is 5.91 Å². The van der Waals surface area contributed by atoms with Gasteiger partial charge in [-0.1, -0.05) is 0 Å². The first-order chi connectivity index (χ1) is 5.74. The Morgan fingerprint density at radius 2 is 2.42 bits per heavy atom. The molecule has 1 aliphatic rings. The molecule has 4 heteroatoms. The quantitative estimate of drug-likeness (QED) is 0.654. The Balaban J connectivity index is 2.35. The number of carbonyl (C=O) groups is 1. The van der Waals surface area contributed by atoms with Crippen molar-refractivity contribution in [3.05, 3.63) is 0 Å². The lowest BCUT2D eigenvalue weighted by molar-refractivity contribution is -0.133. The number of hydrogen-bond acceptors (Lipinski definition) is 2. The van der Waals surface area contributed by atoms with Crippen molar-refractivity contribution in [1.82, 2.24) is 4.90 Å². The minimum Gasteiger partial charge on any atom is -0.340 e. The van der Waals surface area contributed by atoms with Crippen LogP contribution in [0.5, 0.6) is 0 Å². The van der Waals surface area contributed by atoms with Gasteiger partial charge in [-0.15, -0.1) is 0 Å². The Morgan fingerprint density at radius 3 is 3.00 bits per heavy atom. The van der Waals surface area contributed by atoms with E-state index in [0.29, 0.717) is 25.9 Å². The maximum absolute atomic E-state index is 12.8. The molecule has 1 saturated heterocycles. The minimum absolute atomic E-state index is 0.0140. The summed E-state index contributed by atoms with van der Waals surface area (Å²) in [6, 6.07) is 0. The van der Waals surface area contributed by atoms with Gasteiger partial charge in [-0.2, -0.15) is 0 Å². The van der Waals surface area contributed by atoms with Gasteiger partial charge in [0.1, 0.15) is 6.17 Å². The summed E-state index contributed by atoms with van der Waals surface area (Å²) >= 11 is 0. The van der Waals surface area contributed by atoms with Gasteiger partial charge in [-0.3, -0.25) is 4.79 Å². The highest BCUT2D eigenvalue weighted by Crippen LogP contribution is 2.13. The molecular weight excluding hydrogens is 159 g/mol. The van der Waals surface area contributed by atoms with Crippen LogP contribution in [0.4, 0.5) is 4.39 Å². The minimum atomic E-state index is -0.833. The van der Waals surface area contributed by atoms with Gasteiger partial charge in [0.2, 0.25) is 5.91 Å². The van der Waals surface area contributed by atoms with Gasteiger partial charge in [-0.25, -0.2) is 4.39 Å². The molecule has 2 N–H and O–H groups in total. The van der Waals surface area contributed by atoms with Gasteiger partial charge < -0.3 is 10.6 Å². The molecule has 1 aliphatic heterocycles. The molecule has 0 bridgehead atoms. The van der Waals surface area contributed by atoms with Crippen molar-refractivity contribution in [2.24, 2.45) is 5.73 Å². The summed E-state index contributed by atoms with van der Waals surface area (Å²) in [6.07, 6.45) is 0.872. The van der Waals surface area contributed by atoms with Gasteiger partial charge in [0.25, 0.3) is 0 Å². The first-order valence-electron chi connectivity index (χ1n) is 4.36. The fourth-order valence-electron chi connectivity index (χ4n) is 1.43. The number of amides is 1. The molecule has 1 rings (SSSR count). The van der Waals surface area contributed by atoms with E-state index in [9.17, 15) is 9.18 Å². The van der Waals surface area contributed by atoms with Crippen LogP contribution < -0.4 is 5.73 Å². The normalized spacial score (nSPS) is 24.2. The zero-order chi connectivity index (χ0) is 8.97. The Kier molecular flexibility index (Phi) is 3.47. The molecule has 1 heterocycles. The molecule has 0 unspecified atom stereocenters. The third kappa shape index (κ3) is 2.44. The molecular formula is C8H15FN2O. The molecule has 0 aromatic rings. The van der Waals surface area contributed by atoms with Crippen LogP contribution in [0.1, 0.15) is 19.3 Å². The zero-order valence-electron chi connectivity index (χ0n) is 7.13. The van der Waals surface area contributed by atoms with Gasteiger partial charge in [0.15, 0.2) is 0 Å². The summed E-state index contributed by atoms with van der Waals surface area (Å²) in [5, 5.41) is 0. The van der Waals surface area contributed by atoms with Crippen LogP contribution in [-0.4, -0.2) is 36.6 Å². The summed E-state index contributed by atoms with van der Waals surface area (Å²) < 4.78 is 12.8. The van der Waals surface area contributed by atoms with E-state index < -0.39 is 6.17 Å². The van der Waals surface area contributed by atoms with Crippen LogP contribution in [0, 0.1) is 0 Å². The van der Waals surface area contributed by atoms with Crippen LogP contribution in [0.3, 0.4) is 0 Å². The van der Waals surface area contributed by atoms with Gasteiger partial charge in [0.05, 0.1) is 6.54 Å². The number of nitrogens with zero attached hydrogens (tertiary/aromatic N) is 1. The zero-order valence-corrected chi connectivity index (χ0v) is 7.13. The second kappa shape index (κ2) is 4.40. The third-order valence-electron chi connectivity index (χ3n) is 2.07. The first kappa shape index (κ1) is 9.45. The maximum atomic E-state index is 12.8. The number of nitrogens with two attached hydrogens (primary N) is 1. The molecule has 1 amide bonds. The predicted octanol–water partition coefficient (Wildman–Crippen LogP) is 0.296. The van der Waals surface area contributed by atoms with E-state index >= 15 is 0 Å². The fourth-order valence-corrected chi connectivity index (χ4v) is 1.43. The van der Waals surface area contributed by atoms with E-state index in [1.165, 1.54) is 0 Å². The summed E-state index contributed by atoms with van der Waals surface area (Å²) in [5.74, 6) is -0.0140. The fraction of sp³-hybridized carbons (Fsp3) is 0.875. The smallest absolute Gasteiger partial charge is 0.223 e. The second-order valence-corrected chi connectivity index (χ2v) is 3.12. The highest BCUT2D eigenvalue weighted by Gasteiger charge is 2.22. The number of carbonyl (C=O) groups excluding carboxylic acids is 1. The first-order valence-corrected chi connectivity index (χ1v) is 4.36. The van der Waals surface area contributed by atoms with Crippen molar-refractivity contribution in [2.75, 3.05) is 19.6 Å². The lowest BCUT2D eigenvalue weighted by Gasteiger charge is -2.28. The van der Waals surface area contributed by atoms with Gasteiger partial charge in [0, 0.05) is 19.5 Å². The molecule has 0 aliphatic carbocycles. The maximum Gasteiger partial charge on any atom is 0.223 e. The Bertz CT molecular complexity index is 163. The Labute approximate surface area is 71.7 Å². The average Bonchev–Trinajstić information content (AvgIpc) is 2.05. The monoisotopic (exact) mass is 174 g/mol. The highest BCUT2D eigenvalue weighted by atomic mass is 19.1. The van der Waals surface area contributed by atoms with Crippen molar-refractivity contribution in [2.45, 2.75) is 25.4 Å². The van der Waals surface area contributed by atoms with Gasteiger partial charge >= 0.3 is 0 Å². The molecule has 0 aromatic carbocycles. The van der Waals surface area contributed by atoms with E-state index in [1.54, 1.807) is 4.90 Å². The van der Waals surface area contributed by atoms with Crippen LogP contribution in [-0.2, 0) is 4.79 Å². The van der Waals surface area contributed by atoms with Crippen molar-refractivity contribution < 1.29 is 9.18 Å². The summed E-state index contributed by atoms with van der Waals surface area (Å²) in [4.78, 5) is 12.8. The predicted molar refractivity (Wildman–Crippen MR) is 44.4 cm³/mol. The number of hydrogen-bond donors (Lipinski definition) is 1. The highest BCUT2D eigenvalue weighted by molar-refractivity contribution is 5.76. The van der Waals surface area contributed by atoms with Crippen molar-refractivity contribution in [1.29, 1.82) is 0 Å². The molecule has 1 fully saturated rings. The lowest BCUT2D eigenvalue weighted by atomic mass is 10.1. The number of likely N-dealkylation sites (tertiary alicyclic amines) is 1. The standard InChI is InChI=1S/C8H15FN2O/c9-7-2-1-5-11(6-7)8(12)3-4-10/h7H,1-6,10H2/t7-/m0/s1. The summed E-state index contributed by atoms with van der Waals surface area (Å²) in [5.41, 5.74) is 5.23. The van der Waals surface area contributed by atoms with Crippen molar-refractivity contribution in [3.63, 3.8) is 0 Å². The van der Waals surface area contributed by atoms with E-state index in [4.69, 9.17) is 5.73 Å². The number of alkyl halides is 1. The van der Waals surface area contributed by atoms with Crippen LogP contribution in [0.2, 0.25) is 0 Å². The van der Waals surface area contributed by atoms with Crippen LogP contribution in [0.15, 0.2) is 0 Å². The van der Waals surface area contributed by atoms with Gasteiger partial charge in [-0.05, 0) is 12.8 Å². The molecule has 12 heavy (non-hydrogen) atoms. The largest absolute Gasteiger partial charge is 0.340 e. The number of halogens is 1. The topological polar surface area (TPSA) is 46.3 Å². The van der Waals surface area contributed by atoms with Crippen LogP contribution >= 0.6 is 0 Å². The molecule has 0 spiro atoms. The van der Waals surface area contributed by atoms with E-state index in [-0.39, 0.29) is 12.5 Å². The van der Waals surface area contributed by atoms with E-state index in [2.05, 4.69) is 0 Å². The molecule has 70 valence electrons. The number of rotatable bonds is 2. The average molecular weight is 174 g/mol. The van der Waals surface area contributed by atoms with Crippen molar-refractivity contribution in [3.8, 4) is 0 Å². The van der Waals surface area contributed by atoms with E-state index in [1.807, 2.05) is 0 Å². The number of piperidine rings is 1. The van der Waals surface area contributed by atoms with E-state index in [0.717, 1.165) is 6.42 Å². The lowest BCUT2D eigenvalue weighted by Crippen LogP contribution is -2.41. The second-order valence-electron chi connectivity index (χ2n) is 3.12. The third-order valence-corrected chi connectivity index (χ3v) is 2.07.